The van der Waals surface area contributed by atoms with Crippen molar-refractivity contribution in [1.29, 1.82) is 0 Å². The van der Waals surface area contributed by atoms with Gasteiger partial charge in [0, 0.05) is 24.8 Å². The molecule has 0 fully saturated rings. The molecule has 0 aliphatic carbocycles. The van der Waals surface area contributed by atoms with Crippen LogP contribution in [0, 0.1) is 5.82 Å². The SMILES string of the molecule is COCCOCCCNC(C)c1cc(F)c(Cl)cc1Cl. The molecule has 1 rings (SSSR count). The number of rotatable bonds is 9. The zero-order valence-electron chi connectivity index (χ0n) is 11.7. The Kier molecular flexibility index (Phi) is 8.41. The Labute approximate surface area is 129 Å². The fourth-order valence-corrected chi connectivity index (χ4v) is 2.26. The van der Waals surface area contributed by atoms with Crippen LogP contribution in [0.2, 0.25) is 10.0 Å². The molecular formula is C14H20Cl2FNO2. The summed E-state index contributed by atoms with van der Waals surface area (Å²) in [6.45, 7) is 4.55. The van der Waals surface area contributed by atoms with Crippen molar-refractivity contribution in [2.75, 3.05) is 33.5 Å². The first-order chi connectivity index (χ1) is 9.56. The molecule has 3 nitrogen and oxygen atoms in total. The van der Waals surface area contributed by atoms with Gasteiger partial charge in [-0.3, -0.25) is 0 Å². The fraction of sp³-hybridized carbons (Fsp3) is 0.571. The first kappa shape index (κ1) is 17.7. The lowest BCUT2D eigenvalue weighted by atomic mass is 10.1. The highest BCUT2D eigenvalue weighted by Crippen LogP contribution is 2.28. The molecule has 0 aromatic heterocycles. The van der Waals surface area contributed by atoms with Crippen LogP contribution in [0.25, 0.3) is 0 Å². The van der Waals surface area contributed by atoms with E-state index in [1.54, 1.807) is 7.11 Å². The minimum Gasteiger partial charge on any atom is -0.382 e. The second-order valence-corrected chi connectivity index (χ2v) is 5.24. The molecule has 0 aliphatic rings. The molecule has 0 saturated carbocycles. The molecule has 0 heterocycles. The predicted octanol–water partition coefficient (Wildman–Crippen LogP) is 3.84. The van der Waals surface area contributed by atoms with Gasteiger partial charge in [-0.1, -0.05) is 23.2 Å². The number of hydrogen-bond acceptors (Lipinski definition) is 3. The Bertz CT molecular complexity index is 418. The molecule has 114 valence electrons. The average molecular weight is 324 g/mol. The average Bonchev–Trinajstić information content (AvgIpc) is 2.41. The van der Waals surface area contributed by atoms with E-state index in [0.29, 0.717) is 30.4 Å². The second-order valence-electron chi connectivity index (χ2n) is 4.42. The van der Waals surface area contributed by atoms with Crippen LogP contribution >= 0.6 is 23.2 Å². The number of benzene rings is 1. The van der Waals surface area contributed by atoms with Crippen LogP contribution in [-0.2, 0) is 9.47 Å². The van der Waals surface area contributed by atoms with Gasteiger partial charge >= 0.3 is 0 Å². The van der Waals surface area contributed by atoms with Gasteiger partial charge in [0.05, 0.1) is 18.2 Å². The van der Waals surface area contributed by atoms with Crippen LogP contribution in [0.3, 0.4) is 0 Å². The Morgan fingerprint density at radius 1 is 1.20 bits per heavy atom. The monoisotopic (exact) mass is 323 g/mol. The van der Waals surface area contributed by atoms with Crippen molar-refractivity contribution in [2.24, 2.45) is 0 Å². The van der Waals surface area contributed by atoms with E-state index in [4.69, 9.17) is 32.7 Å². The smallest absolute Gasteiger partial charge is 0.142 e. The van der Waals surface area contributed by atoms with Gasteiger partial charge in [0.2, 0.25) is 0 Å². The van der Waals surface area contributed by atoms with Crippen molar-refractivity contribution in [3.05, 3.63) is 33.6 Å². The summed E-state index contributed by atoms with van der Waals surface area (Å²) in [5, 5.41) is 3.78. The van der Waals surface area contributed by atoms with Gasteiger partial charge < -0.3 is 14.8 Å². The molecule has 0 bridgehead atoms. The Hall–Kier alpha value is -0.390. The second kappa shape index (κ2) is 9.53. The molecule has 0 spiro atoms. The number of halogens is 3. The molecule has 0 radical (unpaired) electrons. The molecule has 1 atom stereocenters. The van der Waals surface area contributed by atoms with Crippen LogP contribution in [0.15, 0.2) is 12.1 Å². The van der Waals surface area contributed by atoms with E-state index in [9.17, 15) is 4.39 Å². The normalized spacial score (nSPS) is 12.7. The zero-order valence-corrected chi connectivity index (χ0v) is 13.2. The summed E-state index contributed by atoms with van der Waals surface area (Å²) in [6, 6.07) is 2.75. The molecule has 1 unspecified atom stereocenters. The largest absolute Gasteiger partial charge is 0.382 e. The third kappa shape index (κ3) is 5.94. The molecule has 6 heteroatoms. The van der Waals surface area contributed by atoms with E-state index < -0.39 is 5.82 Å². The van der Waals surface area contributed by atoms with Crippen molar-refractivity contribution >= 4 is 23.2 Å². The summed E-state index contributed by atoms with van der Waals surface area (Å²) in [7, 11) is 1.64. The minimum absolute atomic E-state index is 0.0393. The van der Waals surface area contributed by atoms with Gasteiger partial charge in [-0.2, -0.15) is 0 Å². The van der Waals surface area contributed by atoms with Gasteiger partial charge in [-0.15, -0.1) is 0 Å². The number of ether oxygens (including phenoxy) is 2. The first-order valence-electron chi connectivity index (χ1n) is 6.50. The van der Waals surface area contributed by atoms with Crippen molar-refractivity contribution in [3.63, 3.8) is 0 Å². The van der Waals surface area contributed by atoms with Crippen molar-refractivity contribution in [1.82, 2.24) is 5.32 Å². The highest BCUT2D eigenvalue weighted by atomic mass is 35.5. The van der Waals surface area contributed by atoms with Crippen LogP contribution in [0.5, 0.6) is 0 Å². The van der Waals surface area contributed by atoms with E-state index in [1.807, 2.05) is 6.92 Å². The molecule has 0 saturated heterocycles. The Morgan fingerprint density at radius 2 is 1.95 bits per heavy atom. The third-order valence-corrected chi connectivity index (χ3v) is 3.47. The summed E-state index contributed by atoms with van der Waals surface area (Å²) in [5.41, 5.74) is 0.703. The zero-order chi connectivity index (χ0) is 15.0. The van der Waals surface area contributed by atoms with E-state index in [2.05, 4.69) is 5.32 Å². The molecule has 0 amide bonds. The molecule has 1 aromatic carbocycles. The highest BCUT2D eigenvalue weighted by molar-refractivity contribution is 6.35. The third-order valence-electron chi connectivity index (χ3n) is 2.85. The van der Waals surface area contributed by atoms with E-state index in [1.165, 1.54) is 12.1 Å². The van der Waals surface area contributed by atoms with Crippen LogP contribution in [0.1, 0.15) is 24.9 Å². The predicted molar refractivity (Wildman–Crippen MR) is 80.1 cm³/mol. The van der Waals surface area contributed by atoms with Crippen LogP contribution in [0.4, 0.5) is 4.39 Å². The van der Waals surface area contributed by atoms with E-state index in [-0.39, 0.29) is 11.1 Å². The van der Waals surface area contributed by atoms with Gasteiger partial charge in [0.25, 0.3) is 0 Å². The Balaban J connectivity index is 2.32. The summed E-state index contributed by atoms with van der Waals surface area (Å²) < 4.78 is 23.7. The highest BCUT2D eigenvalue weighted by Gasteiger charge is 2.12. The summed E-state index contributed by atoms with van der Waals surface area (Å²) in [4.78, 5) is 0. The topological polar surface area (TPSA) is 30.5 Å². The lowest BCUT2D eigenvalue weighted by molar-refractivity contribution is 0.0693. The van der Waals surface area contributed by atoms with Gasteiger partial charge in [-0.05, 0) is 37.6 Å². The summed E-state index contributed by atoms with van der Waals surface area (Å²) in [5.74, 6) is -0.456. The maximum atomic E-state index is 13.4. The van der Waals surface area contributed by atoms with E-state index in [0.717, 1.165) is 13.0 Å². The molecular weight excluding hydrogens is 304 g/mol. The molecule has 0 aliphatic heterocycles. The number of hydrogen-bond donors (Lipinski definition) is 1. The first-order valence-corrected chi connectivity index (χ1v) is 7.26. The summed E-state index contributed by atoms with van der Waals surface area (Å²) in [6.07, 6.45) is 0.863. The van der Waals surface area contributed by atoms with Crippen molar-refractivity contribution in [3.8, 4) is 0 Å². The van der Waals surface area contributed by atoms with Gasteiger partial charge in [0.15, 0.2) is 0 Å². The lowest BCUT2D eigenvalue weighted by Gasteiger charge is -2.16. The number of nitrogens with one attached hydrogen (secondary N) is 1. The molecule has 20 heavy (non-hydrogen) atoms. The lowest BCUT2D eigenvalue weighted by Crippen LogP contribution is -2.21. The van der Waals surface area contributed by atoms with Crippen molar-refractivity contribution in [2.45, 2.75) is 19.4 Å². The van der Waals surface area contributed by atoms with Crippen LogP contribution < -0.4 is 5.32 Å². The van der Waals surface area contributed by atoms with Gasteiger partial charge in [-0.25, -0.2) is 4.39 Å². The van der Waals surface area contributed by atoms with Crippen molar-refractivity contribution < 1.29 is 13.9 Å². The molecule has 1 N–H and O–H groups in total. The maximum absolute atomic E-state index is 13.4. The fourth-order valence-electron chi connectivity index (χ4n) is 1.72. The number of methoxy groups -OCH3 is 1. The van der Waals surface area contributed by atoms with Gasteiger partial charge in [0.1, 0.15) is 5.82 Å². The maximum Gasteiger partial charge on any atom is 0.142 e. The summed E-state index contributed by atoms with van der Waals surface area (Å²) >= 11 is 11.7. The van der Waals surface area contributed by atoms with E-state index >= 15 is 0 Å². The minimum atomic E-state index is -0.456. The standard InChI is InChI=1S/C14H20Cl2FNO2/c1-10(18-4-3-5-20-7-6-19-2)11-8-14(17)13(16)9-12(11)15/h8-10,18H,3-7H2,1-2H3. The Morgan fingerprint density at radius 3 is 2.65 bits per heavy atom. The molecule has 1 aromatic rings. The van der Waals surface area contributed by atoms with Crippen LogP contribution in [-0.4, -0.2) is 33.5 Å². The quantitative estimate of drug-likeness (QED) is 0.553.